The number of ether oxygens (including phenoxy) is 1. The first kappa shape index (κ1) is 17.1. The molecule has 0 unspecified atom stereocenters. The Hall–Kier alpha value is -1.22. The van der Waals surface area contributed by atoms with Crippen molar-refractivity contribution in [1.82, 2.24) is 4.90 Å². The zero-order valence-corrected chi connectivity index (χ0v) is 14.2. The molecule has 2 atom stereocenters. The quantitative estimate of drug-likeness (QED) is 0.809. The Bertz CT molecular complexity index is 591. The zero-order valence-electron chi connectivity index (χ0n) is 12.6. The van der Waals surface area contributed by atoms with Crippen LogP contribution in [0.15, 0.2) is 54.6 Å². The van der Waals surface area contributed by atoms with Crippen LogP contribution in [0.3, 0.4) is 0 Å². The molecule has 22 heavy (non-hydrogen) atoms. The van der Waals surface area contributed by atoms with Gasteiger partial charge in [0.15, 0.2) is 0 Å². The monoisotopic (exact) mass is 337 g/mol. The lowest BCUT2D eigenvalue weighted by Crippen LogP contribution is -2.42. The summed E-state index contributed by atoms with van der Waals surface area (Å²) < 4.78 is 6.24. The fourth-order valence-electron chi connectivity index (χ4n) is 2.97. The minimum atomic E-state index is 0. The molecule has 2 aromatic carbocycles. The minimum Gasteiger partial charge on any atom is -0.490 e. The highest BCUT2D eigenvalue weighted by Crippen LogP contribution is 2.31. The van der Waals surface area contributed by atoms with Crippen LogP contribution in [0.4, 0.5) is 0 Å². The first-order chi connectivity index (χ1) is 10.2. The van der Waals surface area contributed by atoms with Gasteiger partial charge in [0.05, 0.1) is 0 Å². The number of likely N-dealkylation sites (tertiary alicyclic amines) is 1. The van der Waals surface area contributed by atoms with Crippen molar-refractivity contribution in [2.24, 2.45) is 0 Å². The summed E-state index contributed by atoms with van der Waals surface area (Å²) in [7, 11) is 2.17. The number of rotatable bonds is 3. The first-order valence-electron chi connectivity index (χ1n) is 7.38. The smallest absolute Gasteiger partial charge is 0.121 e. The summed E-state index contributed by atoms with van der Waals surface area (Å²) in [5, 5.41) is 0.719. The van der Waals surface area contributed by atoms with E-state index in [-0.39, 0.29) is 18.5 Å². The third-order valence-corrected chi connectivity index (χ3v) is 4.30. The van der Waals surface area contributed by atoms with Gasteiger partial charge in [0.1, 0.15) is 11.9 Å². The Morgan fingerprint density at radius 2 is 1.86 bits per heavy atom. The molecule has 0 amide bonds. The van der Waals surface area contributed by atoms with Gasteiger partial charge in [-0.1, -0.05) is 48.0 Å². The lowest BCUT2D eigenvalue weighted by atomic mass is 9.88. The van der Waals surface area contributed by atoms with Crippen LogP contribution >= 0.6 is 24.0 Å². The number of halogens is 2. The van der Waals surface area contributed by atoms with Crippen molar-refractivity contribution in [3.8, 4) is 5.75 Å². The van der Waals surface area contributed by atoms with Crippen molar-refractivity contribution in [2.45, 2.75) is 18.4 Å². The average molecular weight is 338 g/mol. The molecule has 1 aliphatic heterocycles. The topological polar surface area (TPSA) is 12.5 Å². The summed E-state index contributed by atoms with van der Waals surface area (Å²) in [4.78, 5) is 2.37. The Morgan fingerprint density at radius 1 is 1.09 bits per heavy atom. The molecule has 0 saturated carbocycles. The van der Waals surface area contributed by atoms with Crippen molar-refractivity contribution in [3.63, 3.8) is 0 Å². The molecule has 0 N–H and O–H groups in total. The Morgan fingerprint density at radius 3 is 2.59 bits per heavy atom. The Balaban J connectivity index is 0.00000176. The Labute approximate surface area is 143 Å². The molecule has 0 aliphatic carbocycles. The van der Waals surface area contributed by atoms with E-state index in [4.69, 9.17) is 16.3 Å². The summed E-state index contributed by atoms with van der Waals surface area (Å²) in [6, 6.07) is 18.3. The number of hydrogen-bond acceptors (Lipinski definition) is 2. The largest absolute Gasteiger partial charge is 0.490 e. The van der Waals surface area contributed by atoms with Crippen LogP contribution < -0.4 is 4.74 Å². The van der Waals surface area contributed by atoms with Crippen LogP contribution in [0.1, 0.15) is 17.9 Å². The first-order valence-corrected chi connectivity index (χ1v) is 7.76. The number of nitrogens with zero attached hydrogens (tertiary/aromatic N) is 1. The second-order valence-electron chi connectivity index (χ2n) is 5.68. The molecule has 4 heteroatoms. The fourth-order valence-corrected chi connectivity index (χ4v) is 3.15. The van der Waals surface area contributed by atoms with Crippen LogP contribution in [-0.2, 0) is 0 Å². The fraction of sp³-hybridized carbons (Fsp3) is 0.333. The third-order valence-electron chi connectivity index (χ3n) is 4.06. The maximum atomic E-state index is 6.24. The molecule has 0 radical (unpaired) electrons. The van der Waals surface area contributed by atoms with Gasteiger partial charge in [-0.3, -0.25) is 0 Å². The van der Waals surface area contributed by atoms with Gasteiger partial charge in [-0.25, -0.2) is 0 Å². The van der Waals surface area contributed by atoms with Gasteiger partial charge in [0.25, 0.3) is 0 Å². The highest BCUT2D eigenvalue weighted by Gasteiger charge is 2.30. The van der Waals surface area contributed by atoms with Gasteiger partial charge in [-0.05, 0) is 37.2 Å². The normalized spacial score (nSPS) is 21.9. The van der Waals surface area contributed by atoms with Crippen molar-refractivity contribution < 1.29 is 4.74 Å². The molecule has 2 nitrogen and oxygen atoms in total. The van der Waals surface area contributed by atoms with Crippen molar-refractivity contribution in [2.75, 3.05) is 20.1 Å². The maximum absolute atomic E-state index is 6.24. The van der Waals surface area contributed by atoms with E-state index in [9.17, 15) is 0 Å². The molecule has 1 heterocycles. The summed E-state index contributed by atoms with van der Waals surface area (Å²) in [6.45, 7) is 2.09. The summed E-state index contributed by atoms with van der Waals surface area (Å²) in [5.41, 5.74) is 1.34. The van der Waals surface area contributed by atoms with E-state index in [0.717, 1.165) is 30.3 Å². The lowest BCUT2D eigenvalue weighted by Gasteiger charge is -2.37. The van der Waals surface area contributed by atoms with Crippen LogP contribution in [0, 0.1) is 0 Å². The molecule has 0 aromatic heterocycles. The molecule has 1 saturated heterocycles. The zero-order chi connectivity index (χ0) is 14.7. The summed E-state index contributed by atoms with van der Waals surface area (Å²) in [6.07, 6.45) is 1.23. The predicted octanol–water partition coefficient (Wildman–Crippen LogP) is 4.63. The molecule has 1 fully saturated rings. The van der Waals surface area contributed by atoms with Gasteiger partial charge in [-0.15, -0.1) is 12.4 Å². The maximum Gasteiger partial charge on any atom is 0.121 e. The van der Waals surface area contributed by atoms with Crippen molar-refractivity contribution in [3.05, 3.63) is 65.2 Å². The van der Waals surface area contributed by atoms with Gasteiger partial charge in [-0.2, -0.15) is 0 Å². The van der Waals surface area contributed by atoms with Crippen LogP contribution in [0.25, 0.3) is 0 Å². The van der Waals surface area contributed by atoms with Gasteiger partial charge in [0, 0.05) is 24.0 Å². The van der Waals surface area contributed by atoms with Crippen molar-refractivity contribution in [1.29, 1.82) is 0 Å². The van der Waals surface area contributed by atoms with E-state index >= 15 is 0 Å². The standard InChI is InChI=1S/C18H20ClNO.ClH/c1-20-11-10-18(21-16-9-5-8-15(19)12-16)17(13-20)14-6-3-2-4-7-14;/h2-9,12,17-18H,10-11,13H2,1H3;1H/t17-,18-;/m0./s1. The van der Waals surface area contributed by atoms with E-state index < -0.39 is 0 Å². The van der Waals surface area contributed by atoms with Crippen LogP contribution in [0.5, 0.6) is 5.75 Å². The second kappa shape index (κ2) is 7.87. The van der Waals surface area contributed by atoms with E-state index in [1.54, 1.807) is 0 Å². The number of hydrogen-bond donors (Lipinski definition) is 0. The lowest BCUT2D eigenvalue weighted by molar-refractivity contribution is 0.0902. The molecular formula is C18H21Cl2NO. The second-order valence-corrected chi connectivity index (χ2v) is 6.12. The summed E-state index contributed by atoms with van der Waals surface area (Å²) in [5.74, 6) is 1.25. The van der Waals surface area contributed by atoms with E-state index in [2.05, 4.69) is 42.3 Å². The van der Waals surface area contributed by atoms with Crippen LogP contribution in [-0.4, -0.2) is 31.1 Å². The molecule has 0 spiro atoms. The highest BCUT2D eigenvalue weighted by molar-refractivity contribution is 6.30. The number of piperidine rings is 1. The summed E-state index contributed by atoms with van der Waals surface area (Å²) >= 11 is 6.05. The third kappa shape index (κ3) is 4.16. The average Bonchev–Trinajstić information content (AvgIpc) is 2.50. The van der Waals surface area contributed by atoms with Gasteiger partial charge < -0.3 is 9.64 Å². The molecule has 3 rings (SSSR count). The van der Waals surface area contributed by atoms with E-state index in [1.807, 2.05) is 24.3 Å². The van der Waals surface area contributed by atoms with E-state index in [0.29, 0.717) is 5.92 Å². The van der Waals surface area contributed by atoms with Crippen LogP contribution in [0.2, 0.25) is 5.02 Å². The van der Waals surface area contributed by atoms with E-state index in [1.165, 1.54) is 5.56 Å². The highest BCUT2D eigenvalue weighted by atomic mass is 35.5. The molecule has 0 bridgehead atoms. The number of likely N-dealkylation sites (N-methyl/N-ethyl adjacent to an activating group) is 1. The predicted molar refractivity (Wildman–Crippen MR) is 94.4 cm³/mol. The minimum absolute atomic E-state index is 0. The number of benzene rings is 2. The van der Waals surface area contributed by atoms with Crippen molar-refractivity contribution >= 4 is 24.0 Å². The van der Waals surface area contributed by atoms with Gasteiger partial charge >= 0.3 is 0 Å². The molecule has 118 valence electrons. The SMILES string of the molecule is CN1CC[C@H](Oc2cccc(Cl)c2)[C@H](c2ccccc2)C1.Cl. The van der Waals surface area contributed by atoms with Gasteiger partial charge in [0.2, 0.25) is 0 Å². The molecular weight excluding hydrogens is 317 g/mol. The Kier molecular flexibility index (Phi) is 6.13. The molecule has 1 aliphatic rings. The molecule has 2 aromatic rings.